The van der Waals surface area contributed by atoms with Crippen molar-refractivity contribution in [1.82, 2.24) is 0 Å². The minimum absolute atomic E-state index is 0.637. The Labute approximate surface area is 92.1 Å². The minimum Gasteiger partial charge on any atom is -0.369 e. The molecule has 1 saturated carbocycles. The van der Waals surface area contributed by atoms with Crippen LogP contribution in [0.15, 0.2) is 24.3 Å². The SMILES string of the molecule is CCCN(c1cccc(CN)c1)C1CC1. The van der Waals surface area contributed by atoms with Crippen molar-refractivity contribution in [3.8, 4) is 0 Å². The number of benzene rings is 1. The zero-order valence-corrected chi connectivity index (χ0v) is 9.45. The summed E-state index contributed by atoms with van der Waals surface area (Å²) < 4.78 is 0. The highest BCUT2D eigenvalue weighted by atomic mass is 15.2. The molecule has 0 aliphatic heterocycles. The average Bonchev–Trinajstić information content (AvgIpc) is 3.10. The van der Waals surface area contributed by atoms with E-state index in [9.17, 15) is 0 Å². The molecule has 1 aliphatic rings. The summed E-state index contributed by atoms with van der Waals surface area (Å²) in [5.41, 5.74) is 8.25. The summed E-state index contributed by atoms with van der Waals surface area (Å²) in [6, 6.07) is 9.43. The maximum Gasteiger partial charge on any atom is 0.0371 e. The van der Waals surface area contributed by atoms with E-state index in [0.717, 1.165) is 6.04 Å². The van der Waals surface area contributed by atoms with Crippen molar-refractivity contribution in [3.05, 3.63) is 29.8 Å². The normalized spacial score (nSPS) is 15.3. The van der Waals surface area contributed by atoms with Gasteiger partial charge < -0.3 is 10.6 Å². The molecule has 0 bridgehead atoms. The monoisotopic (exact) mass is 204 g/mol. The molecule has 2 nitrogen and oxygen atoms in total. The Kier molecular flexibility index (Phi) is 3.27. The molecule has 0 spiro atoms. The third kappa shape index (κ3) is 2.51. The van der Waals surface area contributed by atoms with Crippen molar-refractivity contribution in [1.29, 1.82) is 0 Å². The number of hydrogen-bond acceptors (Lipinski definition) is 2. The number of anilines is 1. The highest BCUT2D eigenvalue weighted by molar-refractivity contribution is 5.50. The highest BCUT2D eigenvalue weighted by Crippen LogP contribution is 2.31. The lowest BCUT2D eigenvalue weighted by Gasteiger charge is -2.24. The third-order valence-corrected chi connectivity index (χ3v) is 2.93. The fraction of sp³-hybridized carbons (Fsp3) is 0.538. The number of hydrogen-bond donors (Lipinski definition) is 1. The van der Waals surface area contributed by atoms with E-state index in [-0.39, 0.29) is 0 Å². The van der Waals surface area contributed by atoms with Crippen LogP contribution in [0.3, 0.4) is 0 Å². The predicted octanol–water partition coefficient (Wildman–Crippen LogP) is 2.52. The van der Waals surface area contributed by atoms with Crippen LogP contribution in [0.1, 0.15) is 31.7 Å². The first kappa shape index (κ1) is 10.5. The van der Waals surface area contributed by atoms with Crippen molar-refractivity contribution >= 4 is 5.69 Å². The van der Waals surface area contributed by atoms with Crippen molar-refractivity contribution < 1.29 is 0 Å². The summed E-state index contributed by atoms with van der Waals surface area (Å²) >= 11 is 0. The van der Waals surface area contributed by atoms with Crippen molar-refractivity contribution in [2.75, 3.05) is 11.4 Å². The van der Waals surface area contributed by atoms with Gasteiger partial charge in [-0.25, -0.2) is 0 Å². The van der Waals surface area contributed by atoms with E-state index in [2.05, 4.69) is 36.1 Å². The third-order valence-electron chi connectivity index (χ3n) is 2.93. The molecule has 2 rings (SSSR count). The van der Waals surface area contributed by atoms with Gasteiger partial charge in [-0.1, -0.05) is 19.1 Å². The lowest BCUT2D eigenvalue weighted by molar-refractivity contribution is 0.762. The van der Waals surface area contributed by atoms with Gasteiger partial charge in [-0.15, -0.1) is 0 Å². The number of rotatable bonds is 5. The maximum atomic E-state index is 5.67. The summed E-state index contributed by atoms with van der Waals surface area (Å²) in [5.74, 6) is 0. The van der Waals surface area contributed by atoms with Gasteiger partial charge >= 0.3 is 0 Å². The van der Waals surface area contributed by atoms with E-state index in [1.807, 2.05) is 0 Å². The fourth-order valence-corrected chi connectivity index (χ4v) is 2.01. The van der Waals surface area contributed by atoms with E-state index in [1.165, 1.54) is 37.1 Å². The first-order chi connectivity index (χ1) is 7.35. The molecular formula is C13H20N2. The quantitative estimate of drug-likeness (QED) is 0.798. The van der Waals surface area contributed by atoms with Crippen molar-refractivity contribution in [3.63, 3.8) is 0 Å². The Morgan fingerprint density at radius 2 is 2.20 bits per heavy atom. The summed E-state index contributed by atoms with van der Waals surface area (Å²) in [7, 11) is 0. The van der Waals surface area contributed by atoms with E-state index >= 15 is 0 Å². The van der Waals surface area contributed by atoms with Gasteiger partial charge in [-0.05, 0) is 37.0 Å². The van der Waals surface area contributed by atoms with E-state index in [1.54, 1.807) is 0 Å². The molecule has 0 unspecified atom stereocenters. The molecule has 15 heavy (non-hydrogen) atoms. The lowest BCUT2D eigenvalue weighted by Crippen LogP contribution is -2.26. The molecule has 1 aromatic carbocycles. The second-order valence-corrected chi connectivity index (χ2v) is 4.30. The van der Waals surface area contributed by atoms with Crippen LogP contribution in [0.2, 0.25) is 0 Å². The van der Waals surface area contributed by atoms with Gasteiger partial charge in [0.15, 0.2) is 0 Å². The van der Waals surface area contributed by atoms with Crippen LogP contribution >= 0.6 is 0 Å². The molecule has 1 aliphatic carbocycles. The first-order valence-electron chi connectivity index (χ1n) is 5.90. The number of nitrogens with two attached hydrogens (primary N) is 1. The molecule has 1 fully saturated rings. The molecule has 0 aromatic heterocycles. The van der Waals surface area contributed by atoms with Crippen LogP contribution in [-0.2, 0) is 6.54 Å². The molecule has 0 heterocycles. The second kappa shape index (κ2) is 4.67. The first-order valence-corrected chi connectivity index (χ1v) is 5.90. The molecule has 82 valence electrons. The largest absolute Gasteiger partial charge is 0.369 e. The lowest BCUT2D eigenvalue weighted by atomic mass is 10.2. The van der Waals surface area contributed by atoms with Gasteiger partial charge in [0.1, 0.15) is 0 Å². The Bertz CT molecular complexity index is 318. The molecule has 0 amide bonds. The Morgan fingerprint density at radius 1 is 1.40 bits per heavy atom. The maximum absolute atomic E-state index is 5.67. The summed E-state index contributed by atoms with van der Waals surface area (Å²) in [5, 5.41) is 0. The molecule has 2 N–H and O–H groups in total. The van der Waals surface area contributed by atoms with Crippen molar-refractivity contribution in [2.45, 2.75) is 38.8 Å². The van der Waals surface area contributed by atoms with E-state index in [4.69, 9.17) is 5.73 Å². The Hall–Kier alpha value is -1.02. The van der Waals surface area contributed by atoms with Crippen LogP contribution in [0.4, 0.5) is 5.69 Å². The second-order valence-electron chi connectivity index (χ2n) is 4.30. The van der Waals surface area contributed by atoms with Crippen LogP contribution in [0.5, 0.6) is 0 Å². The average molecular weight is 204 g/mol. The Morgan fingerprint density at radius 3 is 2.80 bits per heavy atom. The summed E-state index contributed by atoms with van der Waals surface area (Å²) in [4.78, 5) is 2.53. The smallest absolute Gasteiger partial charge is 0.0371 e. The molecule has 0 atom stereocenters. The van der Waals surface area contributed by atoms with Crippen molar-refractivity contribution in [2.24, 2.45) is 5.73 Å². The Balaban J connectivity index is 2.16. The van der Waals surface area contributed by atoms with E-state index in [0.29, 0.717) is 6.54 Å². The molecular weight excluding hydrogens is 184 g/mol. The van der Waals surface area contributed by atoms with Gasteiger partial charge in [0.2, 0.25) is 0 Å². The number of nitrogens with zero attached hydrogens (tertiary/aromatic N) is 1. The minimum atomic E-state index is 0.637. The van der Waals surface area contributed by atoms with Gasteiger partial charge in [0.05, 0.1) is 0 Å². The molecule has 1 aromatic rings. The topological polar surface area (TPSA) is 29.3 Å². The van der Waals surface area contributed by atoms with Crippen LogP contribution in [-0.4, -0.2) is 12.6 Å². The zero-order valence-electron chi connectivity index (χ0n) is 9.45. The van der Waals surface area contributed by atoms with Crippen LogP contribution in [0, 0.1) is 0 Å². The summed E-state index contributed by atoms with van der Waals surface area (Å²) in [6.45, 7) is 4.04. The van der Waals surface area contributed by atoms with Crippen LogP contribution in [0.25, 0.3) is 0 Å². The fourth-order valence-electron chi connectivity index (χ4n) is 2.01. The highest BCUT2D eigenvalue weighted by Gasteiger charge is 2.28. The van der Waals surface area contributed by atoms with Crippen LogP contribution < -0.4 is 10.6 Å². The van der Waals surface area contributed by atoms with E-state index < -0.39 is 0 Å². The standard InChI is InChI=1S/C13H20N2/c1-2-8-15(12-6-7-12)13-5-3-4-11(9-13)10-14/h3-5,9,12H,2,6-8,10,14H2,1H3. The zero-order chi connectivity index (χ0) is 10.7. The predicted molar refractivity (Wildman–Crippen MR) is 65.0 cm³/mol. The molecule has 0 radical (unpaired) electrons. The van der Waals surface area contributed by atoms with Gasteiger partial charge in [0, 0.05) is 24.8 Å². The molecule has 2 heteroatoms. The van der Waals surface area contributed by atoms with Gasteiger partial charge in [-0.2, -0.15) is 0 Å². The molecule has 0 saturated heterocycles. The summed E-state index contributed by atoms with van der Waals surface area (Å²) in [6.07, 6.45) is 3.92. The van der Waals surface area contributed by atoms with Gasteiger partial charge in [0.25, 0.3) is 0 Å². The van der Waals surface area contributed by atoms with Gasteiger partial charge in [-0.3, -0.25) is 0 Å².